The van der Waals surface area contributed by atoms with E-state index in [4.69, 9.17) is 0 Å². The summed E-state index contributed by atoms with van der Waals surface area (Å²) in [6, 6.07) is 0. The summed E-state index contributed by atoms with van der Waals surface area (Å²) in [7, 11) is 0. The van der Waals surface area contributed by atoms with E-state index in [1.54, 1.807) is 0 Å². The zero-order valence-corrected chi connectivity index (χ0v) is 8.14. The van der Waals surface area contributed by atoms with Crippen LogP contribution in [0.1, 0.15) is 19.8 Å². The van der Waals surface area contributed by atoms with Crippen molar-refractivity contribution in [3.63, 3.8) is 0 Å². The second-order valence-electron chi connectivity index (χ2n) is 2.30. The summed E-state index contributed by atoms with van der Waals surface area (Å²) in [4.78, 5) is 10.2. The Hall–Kier alpha value is -0.440. The summed E-state index contributed by atoms with van der Waals surface area (Å²) in [6.07, 6.45) is -0.601. The minimum absolute atomic E-state index is 0.0260. The summed E-state index contributed by atoms with van der Waals surface area (Å²) in [5.41, 5.74) is 0. The first-order chi connectivity index (χ1) is 6.48. The highest BCUT2D eigenvalue weighted by Crippen LogP contribution is 2.33. The molecule has 0 heterocycles. The molecule has 0 saturated carbocycles. The number of ether oxygens (including phenoxy) is 1. The fourth-order valence-corrected chi connectivity index (χ4v) is 0.954. The van der Waals surface area contributed by atoms with Crippen LogP contribution in [0.25, 0.3) is 0 Å². The molecule has 0 spiro atoms. The van der Waals surface area contributed by atoms with Crippen molar-refractivity contribution in [2.45, 2.75) is 25.0 Å². The maximum atomic E-state index is 12.6. The largest absolute Gasteiger partial charge is 0.691 e. The van der Waals surface area contributed by atoms with Crippen molar-refractivity contribution in [2.75, 3.05) is 6.61 Å². The molecule has 0 rings (SSSR count). The van der Waals surface area contributed by atoms with Crippen LogP contribution in [0.2, 0.25) is 0 Å². The van der Waals surface area contributed by atoms with Crippen LogP contribution in [0, 0.1) is 0 Å². The van der Waals surface area contributed by atoms with Gasteiger partial charge >= 0.3 is 11.2 Å². The topological polar surface area (TPSA) is 67.8 Å². The lowest BCUT2D eigenvalue weighted by Crippen LogP contribution is -2.15. The molecule has 0 aliphatic heterocycles. The van der Waals surface area contributed by atoms with Gasteiger partial charge in [0.05, 0.1) is 6.61 Å². The third kappa shape index (κ3) is 8.17. The Morgan fingerprint density at radius 2 is 2.21 bits per heavy atom. The number of carbonyl (C=O) groups is 1. The van der Waals surface area contributed by atoms with E-state index in [0.29, 0.717) is 0 Å². The third-order valence-electron chi connectivity index (χ3n) is 1.10. The lowest BCUT2D eigenvalue weighted by molar-refractivity contribution is -0.777. The molecule has 14 heavy (non-hydrogen) atoms. The maximum Gasteiger partial charge on any atom is 0.320 e. The molecule has 0 unspecified atom stereocenters. The van der Waals surface area contributed by atoms with Crippen LogP contribution in [-0.2, 0) is 18.9 Å². The predicted molar refractivity (Wildman–Crippen MR) is 40.6 cm³/mol. The second kappa shape index (κ2) is 6.93. The summed E-state index contributed by atoms with van der Waals surface area (Å²) < 4.78 is 33.1. The van der Waals surface area contributed by atoms with Crippen LogP contribution in [0.15, 0.2) is 0 Å². The Morgan fingerprint density at radius 3 is 2.71 bits per heavy atom. The molecule has 0 aliphatic rings. The summed E-state index contributed by atoms with van der Waals surface area (Å²) in [5, 5.41) is 8.79. The van der Waals surface area contributed by atoms with Crippen molar-refractivity contribution in [2.24, 2.45) is 0 Å². The number of esters is 1. The van der Waals surface area contributed by atoms with Crippen LogP contribution < -0.4 is 5.26 Å². The number of hydrogen-bond donors (Lipinski definition) is 0. The molecular formula is C6H9F2O5S-. The fourth-order valence-electron chi connectivity index (χ4n) is 0.599. The van der Waals surface area contributed by atoms with E-state index >= 15 is 0 Å². The Kier molecular flexibility index (Phi) is 6.71. The van der Waals surface area contributed by atoms with Gasteiger partial charge in [0.15, 0.2) is 0 Å². The molecule has 84 valence electrons. The summed E-state index contributed by atoms with van der Waals surface area (Å²) in [6.45, 7) is 1.09. The predicted octanol–water partition coefficient (Wildman–Crippen LogP) is 0.794. The van der Waals surface area contributed by atoms with Gasteiger partial charge in [0.1, 0.15) is 12.0 Å². The van der Waals surface area contributed by atoms with Crippen molar-refractivity contribution < 1.29 is 32.9 Å². The average molecular weight is 231 g/mol. The van der Waals surface area contributed by atoms with E-state index in [0.717, 1.165) is 0 Å². The smallest absolute Gasteiger partial charge is 0.320 e. The standard InChI is InChI=1S/C6H10F2O5S/c1-5(9)11-4-2-3-6(7,8)14-13-12-10/h10H,2-4H2,1H3/p-1. The van der Waals surface area contributed by atoms with E-state index in [9.17, 15) is 18.8 Å². The van der Waals surface area contributed by atoms with Crippen LogP contribution in [0.4, 0.5) is 8.78 Å². The second-order valence-corrected chi connectivity index (χ2v) is 3.20. The highest BCUT2D eigenvalue weighted by atomic mass is 32.2. The molecule has 8 heteroatoms. The van der Waals surface area contributed by atoms with Crippen LogP contribution in [-0.4, -0.2) is 17.8 Å². The number of halogens is 2. The molecule has 0 aromatic carbocycles. The van der Waals surface area contributed by atoms with E-state index < -0.39 is 17.6 Å². The molecular weight excluding hydrogens is 222 g/mol. The number of rotatable bonds is 7. The number of hydrogen-bond acceptors (Lipinski definition) is 6. The van der Waals surface area contributed by atoms with Gasteiger partial charge in [-0.15, -0.1) is 0 Å². The van der Waals surface area contributed by atoms with Gasteiger partial charge in [-0.2, -0.15) is 13.1 Å². The molecule has 0 saturated heterocycles. The first-order valence-electron chi connectivity index (χ1n) is 3.63. The van der Waals surface area contributed by atoms with Crippen LogP contribution in [0.3, 0.4) is 0 Å². The van der Waals surface area contributed by atoms with Crippen molar-refractivity contribution in [1.82, 2.24) is 0 Å². The zero-order chi connectivity index (χ0) is 11.0. The molecule has 0 N–H and O–H groups in total. The molecule has 0 aromatic heterocycles. The van der Waals surface area contributed by atoms with Gasteiger partial charge in [-0.05, 0) is 6.42 Å². The monoisotopic (exact) mass is 231 g/mol. The summed E-state index contributed by atoms with van der Waals surface area (Å²) >= 11 is -0.371. The van der Waals surface area contributed by atoms with E-state index in [1.807, 2.05) is 0 Å². The van der Waals surface area contributed by atoms with Gasteiger partial charge in [0.25, 0.3) is 0 Å². The lowest BCUT2D eigenvalue weighted by atomic mass is 10.3. The van der Waals surface area contributed by atoms with Gasteiger partial charge < -0.3 is 9.99 Å². The molecule has 0 bridgehead atoms. The third-order valence-corrected chi connectivity index (χ3v) is 1.67. The number of carbonyl (C=O) groups excluding carboxylic acids is 1. The van der Waals surface area contributed by atoms with Gasteiger partial charge in [-0.1, -0.05) is 0 Å². The SMILES string of the molecule is CC(=O)OCCCC(F)(F)SOO[O-]. The Labute approximate surface area is 83.4 Å². The van der Waals surface area contributed by atoms with Crippen LogP contribution >= 0.6 is 12.0 Å². The average Bonchev–Trinajstić information content (AvgIpc) is 2.09. The van der Waals surface area contributed by atoms with Crippen molar-refractivity contribution in [3.8, 4) is 0 Å². The van der Waals surface area contributed by atoms with Gasteiger partial charge in [0, 0.05) is 13.3 Å². The van der Waals surface area contributed by atoms with Gasteiger partial charge in [-0.3, -0.25) is 9.83 Å². The molecule has 0 atom stereocenters. The summed E-state index contributed by atoms with van der Waals surface area (Å²) in [5.74, 6) is -0.528. The highest BCUT2D eigenvalue weighted by molar-refractivity contribution is 7.95. The highest BCUT2D eigenvalue weighted by Gasteiger charge is 2.31. The molecule has 0 radical (unpaired) electrons. The normalized spacial score (nSPS) is 11.4. The Bertz CT molecular complexity index is 178. The van der Waals surface area contributed by atoms with Crippen molar-refractivity contribution in [3.05, 3.63) is 0 Å². The Morgan fingerprint density at radius 1 is 1.57 bits per heavy atom. The quantitative estimate of drug-likeness (QED) is 0.212. The van der Waals surface area contributed by atoms with Crippen LogP contribution in [0.5, 0.6) is 0 Å². The van der Waals surface area contributed by atoms with Gasteiger partial charge in [-0.25, -0.2) is 0 Å². The maximum absolute atomic E-state index is 12.6. The van der Waals surface area contributed by atoms with Crippen molar-refractivity contribution >= 4 is 18.0 Å². The molecule has 5 nitrogen and oxygen atoms in total. The number of alkyl halides is 2. The van der Waals surface area contributed by atoms with E-state index in [-0.39, 0.29) is 25.1 Å². The van der Waals surface area contributed by atoms with E-state index in [2.05, 4.69) is 14.1 Å². The van der Waals surface area contributed by atoms with Gasteiger partial charge in [0.2, 0.25) is 0 Å². The zero-order valence-electron chi connectivity index (χ0n) is 7.33. The molecule has 0 fully saturated rings. The van der Waals surface area contributed by atoms with E-state index in [1.165, 1.54) is 6.92 Å². The molecule has 0 aliphatic carbocycles. The molecule has 0 amide bonds. The first-order valence-corrected chi connectivity index (χ1v) is 4.37. The minimum Gasteiger partial charge on any atom is -0.691 e. The lowest BCUT2D eigenvalue weighted by Gasteiger charge is -2.14. The fraction of sp³-hybridized carbons (Fsp3) is 0.833. The molecule has 0 aromatic rings. The first kappa shape index (κ1) is 13.6. The minimum atomic E-state index is -3.23. The Balaban J connectivity index is 3.49. The van der Waals surface area contributed by atoms with Crippen molar-refractivity contribution in [1.29, 1.82) is 0 Å².